The van der Waals surface area contributed by atoms with Crippen molar-refractivity contribution in [2.45, 2.75) is 32.0 Å². The van der Waals surface area contributed by atoms with Crippen LogP contribution in [-0.4, -0.2) is 41.0 Å². The summed E-state index contributed by atoms with van der Waals surface area (Å²) in [5, 5.41) is 11.9. The van der Waals surface area contributed by atoms with E-state index in [0.29, 0.717) is 21.2 Å². The molecule has 28 heavy (non-hydrogen) atoms. The van der Waals surface area contributed by atoms with Crippen molar-refractivity contribution >= 4 is 16.8 Å². The van der Waals surface area contributed by atoms with E-state index in [0.717, 1.165) is 0 Å². The van der Waals surface area contributed by atoms with E-state index in [4.69, 9.17) is 5.26 Å². The van der Waals surface area contributed by atoms with E-state index < -0.39 is 35.4 Å². The Morgan fingerprint density at radius 1 is 1.46 bits per heavy atom. The number of carbonyl (C=O) groups excluding carboxylic acids is 1. The van der Waals surface area contributed by atoms with Gasteiger partial charge in [0.15, 0.2) is 6.17 Å². The minimum atomic E-state index is -1.52. The number of nitriles is 1. The summed E-state index contributed by atoms with van der Waals surface area (Å²) in [6, 6.07) is 4.81. The second-order valence-electron chi connectivity index (χ2n) is 6.97. The maximum absolute atomic E-state index is 14.1. The number of benzene rings is 1. The van der Waals surface area contributed by atoms with E-state index in [1.807, 2.05) is 6.07 Å². The number of pyridine rings is 1. The number of aromatic nitrogens is 1. The summed E-state index contributed by atoms with van der Waals surface area (Å²) in [5.74, 6) is -1.68. The summed E-state index contributed by atoms with van der Waals surface area (Å²) in [5.41, 5.74) is 0.607. The van der Waals surface area contributed by atoms with E-state index in [1.54, 1.807) is 6.92 Å². The zero-order chi connectivity index (χ0) is 20.4. The molecule has 7 nitrogen and oxygen atoms in total. The molecule has 3 rings (SSSR count). The molecule has 1 aliphatic heterocycles. The van der Waals surface area contributed by atoms with Crippen LogP contribution in [0.3, 0.4) is 0 Å². The van der Waals surface area contributed by atoms with Gasteiger partial charge in [-0.05, 0) is 30.7 Å². The second kappa shape index (κ2) is 7.84. The fraction of sp³-hybridized carbons (Fsp3) is 0.421. The first kappa shape index (κ1) is 19.6. The van der Waals surface area contributed by atoms with E-state index in [9.17, 15) is 23.3 Å². The molecule has 3 unspecified atom stereocenters. The van der Waals surface area contributed by atoms with Gasteiger partial charge in [-0.2, -0.15) is 5.26 Å². The Morgan fingerprint density at radius 3 is 2.89 bits per heavy atom. The van der Waals surface area contributed by atoms with Crippen LogP contribution in [-0.2, 0) is 11.2 Å². The minimum Gasteiger partial charge on any atom is -0.349 e. The van der Waals surface area contributed by atoms with Gasteiger partial charge < -0.3 is 10.3 Å². The van der Waals surface area contributed by atoms with Crippen molar-refractivity contribution in [2.75, 3.05) is 13.1 Å². The second-order valence-corrected chi connectivity index (χ2v) is 6.97. The molecule has 2 aromatic rings. The van der Waals surface area contributed by atoms with Crippen LogP contribution in [0.2, 0.25) is 0 Å². The molecule has 0 aliphatic carbocycles. The predicted molar refractivity (Wildman–Crippen MR) is 96.9 cm³/mol. The van der Waals surface area contributed by atoms with Gasteiger partial charge in [-0.25, -0.2) is 8.78 Å². The van der Waals surface area contributed by atoms with Crippen LogP contribution < -0.4 is 10.9 Å². The molecule has 0 spiro atoms. The third-order valence-electron chi connectivity index (χ3n) is 5.09. The average molecular weight is 389 g/mol. The maximum Gasteiger partial charge on any atom is 0.252 e. The van der Waals surface area contributed by atoms with Crippen LogP contribution in [0.4, 0.5) is 8.78 Å². The highest BCUT2D eigenvalue weighted by Crippen LogP contribution is 2.21. The molecule has 0 bridgehead atoms. The number of nitrogens with zero attached hydrogens (tertiary/aromatic N) is 2. The summed E-state index contributed by atoms with van der Waals surface area (Å²) >= 11 is 0. The summed E-state index contributed by atoms with van der Waals surface area (Å²) in [6.45, 7) is 1.35. The zero-order valence-corrected chi connectivity index (χ0v) is 15.2. The largest absolute Gasteiger partial charge is 0.349 e. The molecule has 3 atom stereocenters. The first-order valence-corrected chi connectivity index (χ1v) is 8.85. The van der Waals surface area contributed by atoms with Gasteiger partial charge in [-0.15, -0.1) is 0 Å². The van der Waals surface area contributed by atoms with Crippen molar-refractivity contribution in [2.24, 2.45) is 5.92 Å². The van der Waals surface area contributed by atoms with Gasteiger partial charge in [0.2, 0.25) is 18.5 Å². The summed E-state index contributed by atoms with van der Waals surface area (Å²) in [7, 11) is 0. The molecule has 1 amide bonds. The monoisotopic (exact) mass is 389 g/mol. The van der Waals surface area contributed by atoms with Gasteiger partial charge in [-0.3, -0.25) is 9.59 Å². The smallest absolute Gasteiger partial charge is 0.252 e. The SMILES string of the molecule is Cc1c(CC(=O)NCC2C(F)CC(C#N)C[N+]2=O)c(=O)[nH]c2cc(F)ccc12. The topological polar surface area (TPSA) is 106 Å². The van der Waals surface area contributed by atoms with Gasteiger partial charge in [0.1, 0.15) is 11.7 Å². The number of fused-ring (bicyclic) bond motifs is 1. The van der Waals surface area contributed by atoms with Gasteiger partial charge in [0.05, 0.1) is 24.6 Å². The number of rotatable bonds is 4. The lowest BCUT2D eigenvalue weighted by atomic mass is 9.94. The van der Waals surface area contributed by atoms with Crippen LogP contribution in [0.1, 0.15) is 17.5 Å². The van der Waals surface area contributed by atoms with Crippen LogP contribution in [0.5, 0.6) is 0 Å². The zero-order valence-electron chi connectivity index (χ0n) is 15.2. The lowest BCUT2D eigenvalue weighted by Gasteiger charge is -2.21. The third kappa shape index (κ3) is 3.91. The highest BCUT2D eigenvalue weighted by atomic mass is 19.1. The number of aromatic amines is 1. The van der Waals surface area contributed by atoms with Crippen molar-refractivity contribution < 1.29 is 18.3 Å². The standard InChI is InChI=1S/C19H18F2N4O3/c1-10-13-3-2-12(20)5-16(13)24-19(27)14(10)6-18(26)23-8-17-15(21)4-11(7-22)9-25(17)28/h2-3,5,11,15,17H,4,6,8-9H2,1H3,(H-,23,24,26,27)/p+1. The number of nitrogens with one attached hydrogen (secondary N) is 2. The normalized spacial score (nSPS) is 22.1. The van der Waals surface area contributed by atoms with Gasteiger partial charge in [-0.1, -0.05) is 0 Å². The number of nitroso groups, excluding NO2 is 1. The van der Waals surface area contributed by atoms with Gasteiger partial charge >= 0.3 is 0 Å². The summed E-state index contributed by atoms with van der Waals surface area (Å²) in [6.07, 6.45) is -1.81. The Hall–Kier alpha value is -3.15. The number of amides is 1. The Labute approximate surface area is 158 Å². The van der Waals surface area contributed by atoms with Crippen LogP contribution in [0.15, 0.2) is 23.0 Å². The van der Waals surface area contributed by atoms with Crippen LogP contribution >= 0.6 is 0 Å². The number of piperidine rings is 1. The van der Waals surface area contributed by atoms with E-state index in [1.165, 1.54) is 18.2 Å². The summed E-state index contributed by atoms with van der Waals surface area (Å²) in [4.78, 5) is 39.0. The molecule has 0 saturated carbocycles. The molecule has 2 heterocycles. The molecule has 9 heteroatoms. The molecule has 0 radical (unpaired) electrons. The van der Waals surface area contributed by atoms with Gasteiger partial charge in [0.25, 0.3) is 5.56 Å². The predicted octanol–water partition coefficient (Wildman–Crippen LogP) is 1.66. The fourth-order valence-corrected chi connectivity index (χ4v) is 3.49. The fourth-order valence-electron chi connectivity index (χ4n) is 3.49. The first-order chi connectivity index (χ1) is 13.3. The molecular formula is C19H19F2N4O3+. The molecule has 1 aromatic carbocycles. The molecule has 1 fully saturated rings. The lowest BCUT2D eigenvalue weighted by molar-refractivity contribution is -0.605. The molecule has 1 saturated heterocycles. The maximum atomic E-state index is 14.1. The van der Waals surface area contributed by atoms with Crippen LogP contribution in [0.25, 0.3) is 10.9 Å². The van der Waals surface area contributed by atoms with Crippen LogP contribution in [0, 0.1) is 34.9 Å². The first-order valence-electron chi connectivity index (χ1n) is 8.85. The van der Waals surface area contributed by atoms with E-state index in [2.05, 4.69) is 10.3 Å². The highest BCUT2D eigenvalue weighted by molar-refractivity contribution is 5.85. The van der Waals surface area contributed by atoms with Crippen molar-refractivity contribution in [3.8, 4) is 6.07 Å². The summed E-state index contributed by atoms with van der Waals surface area (Å²) < 4.78 is 27.9. The Balaban J connectivity index is 1.70. The number of H-pyrrole nitrogens is 1. The van der Waals surface area contributed by atoms with Gasteiger partial charge in [0, 0.05) is 27.0 Å². The molecule has 1 aliphatic rings. The van der Waals surface area contributed by atoms with Crippen molar-refractivity contribution in [3.05, 3.63) is 50.4 Å². The number of alkyl halides is 1. The number of hydrogen-bond acceptors (Lipinski definition) is 4. The number of aryl methyl sites for hydroxylation is 1. The Kier molecular flexibility index (Phi) is 5.49. The third-order valence-corrected chi connectivity index (χ3v) is 5.09. The number of halogens is 2. The quantitative estimate of drug-likeness (QED) is 0.776. The molecule has 146 valence electrons. The number of hydrogen-bond donors (Lipinski definition) is 2. The van der Waals surface area contributed by atoms with Crippen molar-refractivity contribution in [3.63, 3.8) is 0 Å². The Bertz CT molecular complexity index is 1040. The highest BCUT2D eigenvalue weighted by Gasteiger charge is 2.43. The molecular weight excluding hydrogens is 370 g/mol. The van der Waals surface area contributed by atoms with E-state index >= 15 is 0 Å². The Morgan fingerprint density at radius 2 is 2.21 bits per heavy atom. The molecule has 2 N–H and O–H groups in total. The average Bonchev–Trinajstić information content (AvgIpc) is 2.64. The lowest BCUT2D eigenvalue weighted by Crippen LogP contribution is -2.49. The number of carbonyl (C=O) groups is 1. The minimum absolute atomic E-state index is 0.0458. The van der Waals surface area contributed by atoms with E-state index in [-0.39, 0.29) is 31.5 Å². The van der Waals surface area contributed by atoms with Crippen molar-refractivity contribution in [1.29, 1.82) is 5.26 Å². The van der Waals surface area contributed by atoms with Crippen molar-refractivity contribution in [1.82, 2.24) is 10.3 Å². The molecule has 1 aromatic heterocycles.